The number of piperidine rings is 1. The van der Waals surface area contributed by atoms with E-state index < -0.39 is 0 Å². The second kappa shape index (κ2) is 9.54. The van der Waals surface area contributed by atoms with E-state index in [1.165, 1.54) is 0 Å². The first-order valence-corrected chi connectivity index (χ1v) is 12.1. The zero-order valence-electron chi connectivity index (χ0n) is 20.3. The van der Waals surface area contributed by atoms with E-state index in [-0.39, 0.29) is 11.5 Å². The number of nitrogens with one attached hydrogen (secondary N) is 2. The molecular formula is C24H26ClN11. The Morgan fingerprint density at radius 3 is 2.61 bits per heavy atom. The molecule has 0 spiro atoms. The summed E-state index contributed by atoms with van der Waals surface area (Å²) in [7, 11) is 0. The second-order valence-electron chi connectivity index (χ2n) is 9.71. The molecule has 0 aliphatic carbocycles. The van der Waals surface area contributed by atoms with E-state index in [1.54, 1.807) is 16.8 Å². The highest BCUT2D eigenvalue weighted by Gasteiger charge is 2.22. The van der Waals surface area contributed by atoms with Gasteiger partial charge in [-0.2, -0.15) is 15.3 Å². The Bertz CT molecular complexity index is 1410. The van der Waals surface area contributed by atoms with Crippen LogP contribution in [0.2, 0.25) is 5.02 Å². The molecular weight excluding hydrogens is 478 g/mol. The van der Waals surface area contributed by atoms with Gasteiger partial charge in [-0.1, -0.05) is 32.4 Å². The van der Waals surface area contributed by atoms with Crippen LogP contribution in [-0.2, 0) is 5.41 Å². The Morgan fingerprint density at radius 1 is 1.11 bits per heavy atom. The van der Waals surface area contributed by atoms with Gasteiger partial charge in [-0.3, -0.25) is 0 Å². The van der Waals surface area contributed by atoms with Crippen LogP contribution in [0.3, 0.4) is 0 Å². The summed E-state index contributed by atoms with van der Waals surface area (Å²) in [6, 6.07) is 9.53. The minimum absolute atomic E-state index is 0.134. The summed E-state index contributed by atoms with van der Waals surface area (Å²) in [5.74, 6) is 2.58. The summed E-state index contributed by atoms with van der Waals surface area (Å²) in [5.41, 5.74) is 1.73. The second-order valence-corrected chi connectivity index (χ2v) is 10.1. The minimum atomic E-state index is -0.134. The molecule has 0 saturated carbocycles. The molecule has 11 nitrogen and oxygen atoms in total. The Morgan fingerprint density at radius 2 is 1.92 bits per heavy atom. The molecule has 0 amide bonds. The number of nitriles is 1. The first-order valence-electron chi connectivity index (χ1n) is 11.7. The van der Waals surface area contributed by atoms with Crippen LogP contribution in [0, 0.1) is 11.3 Å². The summed E-state index contributed by atoms with van der Waals surface area (Å²) >= 11 is 6.40. The van der Waals surface area contributed by atoms with Crippen LogP contribution < -0.4 is 15.5 Å². The van der Waals surface area contributed by atoms with Crippen molar-refractivity contribution in [2.45, 2.75) is 45.1 Å². The zero-order valence-corrected chi connectivity index (χ0v) is 21.0. The first-order chi connectivity index (χ1) is 17.3. The fourth-order valence-electron chi connectivity index (χ4n) is 3.93. The molecule has 0 unspecified atom stereocenters. The van der Waals surface area contributed by atoms with Crippen molar-refractivity contribution in [1.82, 2.24) is 34.8 Å². The maximum absolute atomic E-state index is 8.90. The molecule has 184 valence electrons. The van der Waals surface area contributed by atoms with E-state index in [0.717, 1.165) is 48.9 Å². The van der Waals surface area contributed by atoms with Gasteiger partial charge in [0.25, 0.3) is 0 Å². The van der Waals surface area contributed by atoms with Gasteiger partial charge in [0, 0.05) is 42.5 Å². The predicted octanol–water partition coefficient (Wildman–Crippen LogP) is 3.96. The van der Waals surface area contributed by atoms with Gasteiger partial charge in [0.15, 0.2) is 28.8 Å². The third kappa shape index (κ3) is 5.13. The lowest BCUT2D eigenvalue weighted by Crippen LogP contribution is -2.39. The molecule has 2 N–H and O–H groups in total. The smallest absolute Gasteiger partial charge is 0.229 e. The van der Waals surface area contributed by atoms with Gasteiger partial charge in [0.2, 0.25) is 5.95 Å². The van der Waals surface area contributed by atoms with Gasteiger partial charge >= 0.3 is 0 Å². The number of rotatable bonds is 5. The first kappa shape index (κ1) is 23.7. The maximum Gasteiger partial charge on any atom is 0.229 e. The Labute approximate surface area is 213 Å². The Hall–Kier alpha value is -4.04. The van der Waals surface area contributed by atoms with Gasteiger partial charge in [0.1, 0.15) is 11.1 Å². The molecule has 5 heterocycles. The van der Waals surface area contributed by atoms with Gasteiger partial charge < -0.3 is 15.5 Å². The van der Waals surface area contributed by atoms with Crippen molar-refractivity contribution in [3.8, 4) is 6.07 Å². The van der Waals surface area contributed by atoms with Crippen LogP contribution in [-0.4, -0.2) is 53.9 Å². The highest BCUT2D eigenvalue weighted by Crippen LogP contribution is 2.26. The average Bonchev–Trinajstić information content (AvgIpc) is 3.31. The van der Waals surface area contributed by atoms with Crippen molar-refractivity contribution in [2.24, 2.45) is 0 Å². The molecule has 0 atom stereocenters. The summed E-state index contributed by atoms with van der Waals surface area (Å²) in [6.07, 6.45) is 5.21. The highest BCUT2D eigenvalue weighted by molar-refractivity contribution is 6.32. The van der Waals surface area contributed by atoms with Crippen molar-refractivity contribution in [3.05, 3.63) is 53.2 Å². The molecule has 4 aromatic heterocycles. The lowest BCUT2D eigenvalue weighted by molar-refractivity contribution is 0.521. The molecule has 4 aromatic rings. The lowest BCUT2D eigenvalue weighted by atomic mass is 9.96. The van der Waals surface area contributed by atoms with E-state index in [1.807, 2.05) is 30.5 Å². The van der Waals surface area contributed by atoms with Crippen LogP contribution >= 0.6 is 11.6 Å². The monoisotopic (exact) mass is 503 g/mol. The van der Waals surface area contributed by atoms with Crippen LogP contribution in [0.5, 0.6) is 0 Å². The standard InChI is InChI=1S/C24H26ClN11/c1-24(2,3)22-30-20-12-16(8-11-36(20)34-22)29-23-27-14-18(25)21(31-23)28-15-6-9-35(10-7-15)19-5-4-17(13-26)32-33-19/h4-5,8,11-12,14-15H,6-7,9-10H2,1-3H3,(H2,27,28,29,31). The number of anilines is 4. The molecule has 0 bridgehead atoms. The number of nitrogens with zero attached hydrogens (tertiary/aromatic N) is 9. The van der Waals surface area contributed by atoms with E-state index in [0.29, 0.717) is 22.5 Å². The summed E-state index contributed by atoms with van der Waals surface area (Å²) in [6.45, 7) is 7.87. The fourth-order valence-corrected chi connectivity index (χ4v) is 4.08. The van der Waals surface area contributed by atoms with Gasteiger partial charge in [-0.15, -0.1) is 10.2 Å². The number of hydrogen-bond acceptors (Lipinski definition) is 10. The maximum atomic E-state index is 8.90. The predicted molar refractivity (Wildman–Crippen MR) is 138 cm³/mol. The largest absolute Gasteiger partial charge is 0.366 e. The van der Waals surface area contributed by atoms with Crippen LogP contribution in [0.15, 0.2) is 36.7 Å². The molecule has 0 radical (unpaired) electrons. The SMILES string of the molecule is CC(C)(C)c1nc2cc(Nc3ncc(Cl)c(NC4CCN(c5ccc(C#N)nn5)CC4)n3)ccn2n1. The van der Waals surface area contributed by atoms with E-state index in [9.17, 15) is 0 Å². The van der Waals surface area contributed by atoms with E-state index in [2.05, 4.69) is 66.6 Å². The lowest BCUT2D eigenvalue weighted by Gasteiger charge is -2.33. The summed E-state index contributed by atoms with van der Waals surface area (Å²) < 4.78 is 1.76. The Kier molecular flexibility index (Phi) is 6.28. The van der Waals surface area contributed by atoms with Crippen molar-refractivity contribution in [2.75, 3.05) is 28.6 Å². The molecule has 36 heavy (non-hydrogen) atoms. The quantitative estimate of drug-likeness (QED) is 0.412. The number of halogens is 1. The summed E-state index contributed by atoms with van der Waals surface area (Å²) in [4.78, 5) is 15.7. The number of fused-ring (bicyclic) bond motifs is 1. The number of pyridine rings is 1. The van der Waals surface area contributed by atoms with Gasteiger partial charge in [-0.05, 0) is 31.0 Å². The minimum Gasteiger partial charge on any atom is -0.366 e. The van der Waals surface area contributed by atoms with Crippen molar-refractivity contribution >= 4 is 40.5 Å². The van der Waals surface area contributed by atoms with Gasteiger partial charge in [0.05, 0.1) is 6.20 Å². The summed E-state index contributed by atoms with van der Waals surface area (Å²) in [5, 5.41) is 28.7. The van der Waals surface area contributed by atoms with Crippen LogP contribution in [0.1, 0.15) is 45.1 Å². The molecule has 1 aliphatic heterocycles. The normalized spacial score (nSPS) is 14.6. The molecule has 5 rings (SSSR count). The molecule has 1 aliphatic rings. The van der Waals surface area contributed by atoms with Crippen molar-refractivity contribution in [3.63, 3.8) is 0 Å². The third-order valence-corrected chi connectivity index (χ3v) is 6.21. The Balaban J connectivity index is 1.24. The topological polar surface area (TPSA) is 133 Å². The molecule has 0 aromatic carbocycles. The van der Waals surface area contributed by atoms with Crippen LogP contribution in [0.4, 0.5) is 23.3 Å². The molecule has 1 saturated heterocycles. The van der Waals surface area contributed by atoms with Crippen LogP contribution in [0.25, 0.3) is 5.65 Å². The van der Waals surface area contributed by atoms with Gasteiger partial charge in [-0.25, -0.2) is 14.5 Å². The zero-order chi connectivity index (χ0) is 25.3. The van der Waals surface area contributed by atoms with E-state index in [4.69, 9.17) is 16.9 Å². The number of aromatic nitrogens is 7. The number of hydrogen-bond donors (Lipinski definition) is 2. The van der Waals surface area contributed by atoms with Crippen molar-refractivity contribution in [1.29, 1.82) is 5.26 Å². The molecule has 1 fully saturated rings. The highest BCUT2D eigenvalue weighted by atomic mass is 35.5. The third-order valence-electron chi connectivity index (χ3n) is 5.93. The average molecular weight is 504 g/mol. The van der Waals surface area contributed by atoms with E-state index >= 15 is 0 Å². The van der Waals surface area contributed by atoms with Crippen molar-refractivity contribution < 1.29 is 0 Å². The molecule has 12 heteroatoms. The fraction of sp³-hybridized carbons (Fsp3) is 0.375.